The number of H-pyrrole nitrogens is 1. The van der Waals surface area contributed by atoms with Gasteiger partial charge in [0.05, 0.1) is 0 Å². The Bertz CT molecular complexity index is 1170. The van der Waals surface area contributed by atoms with Crippen LogP contribution < -0.4 is 14.8 Å². The van der Waals surface area contributed by atoms with Gasteiger partial charge in [-0.1, -0.05) is 48.5 Å². The average molecular weight is 385 g/mol. The molecule has 1 atom stereocenters. The third-order valence-electron chi connectivity index (χ3n) is 5.32. The highest BCUT2D eigenvalue weighted by molar-refractivity contribution is 6.09. The fraction of sp³-hybridized carbons (Fsp3) is 0.125. The van der Waals surface area contributed by atoms with Gasteiger partial charge in [0.15, 0.2) is 17.5 Å². The van der Waals surface area contributed by atoms with Crippen molar-refractivity contribution >= 4 is 16.7 Å². The molecule has 0 saturated carbocycles. The summed E-state index contributed by atoms with van der Waals surface area (Å²) in [6.07, 6.45) is 1.82. The summed E-state index contributed by atoms with van der Waals surface area (Å²) in [6.45, 7) is 0.915. The Hall–Kier alpha value is -3.57. The Balaban J connectivity index is 1.45. The highest BCUT2D eigenvalue weighted by Crippen LogP contribution is 2.32. The number of Topliss-reactive ketones (excluding diaryl/α,β-unsaturated/α-hetero) is 1. The van der Waals surface area contributed by atoms with Crippen LogP contribution in [0.2, 0.25) is 0 Å². The van der Waals surface area contributed by atoms with Crippen molar-refractivity contribution in [3.8, 4) is 11.5 Å². The summed E-state index contributed by atoms with van der Waals surface area (Å²) in [4.78, 5) is 16.7. The largest absolute Gasteiger partial charge is 0.454 e. The molecule has 29 heavy (non-hydrogen) atoms. The van der Waals surface area contributed by atoms with Crippen molar-refractivity contribution in [1.82, 2.24) is 4.98 Å². The Morgan fingerprint density at radius 1 is 0.966 bits per heavy atom. The van der Waals surface area contributed by atoms with E-state index in [0.29, 0.717) is 6.54 Å². The molecule has 5 rings (SSSR count). The second-order valence-corrected chi connectivity index (χ2v) is 7.13. The second-order valence-electron chi connectivity index (χ2n) is 7.13. The summed E-state index contributed by atoms with van der Waals surface area (Å²) in [5, 5.41) is 3.03. The molecular weight excluding hydrogens is 364 g/mol. The topological polar surface area (TPSA) is 67.9 Å². The first kappa shape index (κ1) is 17.5. The van der Waals surface area contributed by atoms with Crippen LogP contribution in [0.3, 0.4) is 0 Å². The van der Waals surface area contributed by atoms with Crippen molar-refractivity contribution in [3.05, 3.63) is 95.7 Å². The third-order valence-corrected chi connectivity index (χ3v) is 5.32. The Morgan fingerprint density at radius 2 is 1.76 bits per heavy atom. The van der Waals surface area contributed by atoms with Crippen molar-refractivity contribution in [2.45, 2.75) is 12.6 Å². The smallest absolute Gasteiger partial charge is 0.231 e. The van der Waals surface area contributed by atoms with E-state index < -0.39 is 0 Å². The van der Waals surface area contributed by atoms with Crippen LogP contribution in [0, 0.1) is 0 Å². The van der Waals surface area contributed by atoms with Gasteiger partial charge in [-0.2, -0.15) is 0 Å². The summed E-state index contributed by atoms with van der Waals surface area (Å²) >= 11 is 0. The zero-order chi connectivity index (χ0) is 19.6. The molecule has 0 bridgehead atoms. The summed E-state index contributed by atoms with van der Waals surface area (Å²) in [5.41, 5.74) is 3.76. The zero-order valence-corrected chi connectivity index (χ0v) is 15.8. The molecule has 0 amide bonds. The van der Waals surface area contributed by atoms with Gasteiger partial charge in [-0.15, -0.1) is 0 Å². The molecule has 1 aromatic heterocycles. The maximum absolute atomic E-state index is 13.5. The lowest BCUT2D eigenvalue weighted by atomic mass is 9.96. The average Bonchev–Trinajstić information content (AvgIpc) is 3.41. The molecular formula is C24H21N2O3+. The van der Waals surface area contributed by atoms with Gasteiger partial charge >= 0.3 is 0 Å². The van der Waals surface area contributed by atoms with Gasteiger partial charge in [0, 0.05) is 33.8 Å². The number of hydrogen-bond donors (Lipinski definition) is 2. The molecule has 1 aliphatic heterocycles. The molecule has 3 aromatic carbocycles. The van der Waals surface area contributed by atoms with E-state index in [1.165, 1.54) is 0 Å². The number of quaternary nitrogens is 1. The van der Waals surface area contributed by atoms with E-state index in [2.05, 4.69) is 10.3 Å². The lowest BCUT2D eigenvalue weighted by Crippen LogP contribution is -2.85. The van der Waals surface area contributed by atoms with Gasteiger partial charge in [-0.3, -0.25) is 4.79 Å². The van der Waals surface area contributed by atoms with Crippen LogP contribution in [0.15, 0.2) is 79.0 Å². The van der Waals surface area contributed by atoms with Gasteiger partial charge in [0.1, 0.15) is 6.54 Å². The van der Waals surface area contributed by atoms with E-state index in [-0.39, 0.29) is 18.6 Å². The van der Waals surface area contributed by atoms with E-state index >= 15 is 0 Å². The normalized spacial score (nSPS) is 13.5. The van der Waals surface area contributed by atoms with Gasteiger partial charge < -0.3 is 19.8 Å². The van der Waals surface area contributed by atoms with Crippen LogP contribution in [-0.4, -0.2) is 17.6 Å². The number of aromatic amines is 1. The van der Waals surface area contributed by atoms with Gasteiger partial charge in [-0.25, -0.2) is 0 Å². The van der Waals surface area contributed by atoms with Crippen molar-refractivity contribution in [3.63, 3.8) is 0 Å². The molecule has 0 spiro atoms. The van der Waals surface area contributed by atoms with Crippen molar-refractivity contribution in [2.24, 2.45) is 0 Å². The van der Waals surface area contributed by atoms with Crippen LogP contribution in [0.1, 0.15) is 27.5 Å². The van der Waals surface area contributed by atoms with Crippen LogP contribution in [0.4, 0.5) is 0 Å². The molecule has 5 nitrogen and oxygen atoms in total. The Morgan fingerprint density at radius 3 is 2.66 bits per heavy atom. The van der Waals surface area contributed by atoms with Crippen LogP contribution in [-0.2, 0) is 6.54 Å². The first-order valence-corrected chi connectivity index (χ1v) is 9.67. The standard InChI is InChI=1S/C24H20N2O3/c27-24(19-14-25-20-9-5-4-8-18(19)20)23(17-6-2-1-3-7-17)26-13-16-10-11-21-22(12-16)29-15-28-21/h1-12,14,23,25-26H,13,15H2/p+1/t23-/m0/s1. The number of rotatable bonds is 6. The van der Waals surface area contributed by atoms with Crippen molar-refractivity contribution in [2.75, 3.05) is 6.79 Å². The first-order valence-electron chi connectivity index (χ1n) is 9.67. The van der Waals surface area contributed by atoms with E-state index in [1.807, 2.05) is 79.0 Å². The number of benzene rings is 3. The predicted molar refractivity (Wildman–Crippen MR) is 110 cm³/mol. The maximum Gasteiger partial charge on any atom is 0.231 e. The Kier molecular flexibility index (Phi) is 4.50. The SMILES string of the molecule is O=C(c1c[nH]c2ccccc12)[C@@H]([NH2+]Cc1ccc2c(c1)OCO2)c1ccccc1. The molecule has 0 unspecified atom stereocenters. The number of carbonyl (C=O) groups excluding carboxylic acids is 1. The van der Waals surface area contributed by atoms with Gasteiger partial charge in [0.25, 0.3) is 0 Å². The summed E-state index contributed by atoms with van der Waals surface area (Å²) in [7, 11) is 0. The summed E-state index contributed by atoms with van der Waals surface area (Å²) in [6, 6.07) is 23.4. The zero-order valence-electron chi connectivity index (χ0n) is 15.8. The lowest BCUT2D eigenvalue weighted by molar-refractivity contribution is -0.697. The van der Waals surface area contributed by atoms with Gasteiger partial charge in [-0.05, 0) is 24.3 Å². The van der Waals surface area contributed by atoms with E-state index in [4.69, 9.17) is 9.47 Å². The van der Waals surface area contributed by atoms with Crippen molar-refractivity contribution in [1.29, 1.82) is 0 Å². The number of fused-ring (bicyclic) bond motifs is 2. The van der Waals surface area contributed by atoms with E-state index in [9.17, 15) is 4.79 Å². The second kappa shape index (κ2) is 7.45. The minimum Gasteiger partial charge on any atom is -0.454 e. The number of aromatic nitrogens is 1. The Labute approximate surface area is 168 Å². The van der Waals surface area contributed by atoms with Crippen LogP contribution >= 0.6 is 0 Å². The minimum atomic E-state index is -0.333. The number of ketones is 1. The van der Waals surface area contributed by atoms with Gasteiger partial charge in [0.2, 0.25) is 12.6 Å². The fourth-order valence-electron chi connectivity index (χ4n) is 3.82. The highest BCUT2D eigenvalue weighted by Gasteiger charge is 2.27. The molecule has 2 heterocycles. The molecule has 5 heteroatoms. The highest BCUT2D eigenvalue weighted by atomic mass is 16.7. The first-order chi connectivity index (χ1) is 14.3. The molecule has 0 saturated heterocycles. The van der Waals surface area contributed by atoms with Crippen LogP contribution in [0.5, 0.6) is 11.5 Å². The molecule has 1 aliphatic rings. The number of carbonyl (C=O) groups is 1. The monoisotopic (exact) mass is 385 g/mol. The lowest BCUT2D eigenvalue weighted by Gasteiger charge is -2.15. The molecule has 0 radical (unpaired) electrons. The molecule has 0 aliphatic carbocycles. The fourth-order valence-corrected chi connectivity index (χ4v) is 3.82. The third kappa shape index (κ3) is 3.37. The number of hydrogen-bond acceptors (Lipinski definition) is 3. The molecule has 4 aromatic rings. The van der Waals surface area contributed by atoms with E-state index in [1.54, 1.807) is 0 Å². The van der Waals surface area contributed by atoms with Crippen LogP contribution in [0.25, 0.3) is 10.9 Å². The number of nitrogens with one attached hydrogen (secondary N) is 1. The summed E-state index contributed by atoms with van der Waals surface area (Å²) in [5.74, 6) is 1.62. The summed E-state index contributed by atoms with van der Waals surface area (Å²) < 4.78 is 10.9. The number of ether oxygens (including phenoxy) is 2. The molecule has 144 valence electrons. The maximum atomic E-state index is 13.5. The quantitative estimate of drug-likeness (QED) is 0.499. The predicted octanol–water partition coefficient (Wildman–Crippen LogP) is 3.58. The molecule has 0 fully saturated rings. The number of para-hydroxylation sites is 1. The molecule has 3 N–H and O–H groups in total. The van der Waals surface area contributed by atoms with Crippen molar-refractivity contribution < 1.29 is 19.6 Å². The van der Waals surface area contributed by atoms with E-state index in [0.717, 1.165) is 39.1 Å². The minimum absolute atomic E-state index is 0.0920. The number of nitrogens with two attached hydrogens (primary N) is 1.